The van der Waals surface area contributed by atoms with Crippen LogP contribution in [0.2, 0.25) is 0 Å². The van der Waals surface area contributed by atoms with Crippen molar-refractivity contribution >= 4 is 32.6 Å². The van der Waals surface area contributed by atoms with E-state index in [0.29, 0.717) is 12.2 Å². The fraction of sp³-hybridized carbons (Fsp3) is 0.333. The lowest BCUT2D eigenvalue weighted by molar-refractivity contribution is 0.0529. The standard InChI is InChI=1S/C12H14B2O2S/c1-9(14-13)10-5-3-4-6-11(10)12(15)16-7-8-17-2/h3-6H,7-8H2,1-2H3/q+1. The third kappa shape index (κ3) is 4.08. The molecule has 0 aliphatic heterocycles. The first kappa shape index (κ1) is 14.1. The normalized spacial score (nSPS) is 9.76. The van der Waals surface area contributed by atoms with Crippen molar-refractivity contribution in [3.63, 3.8) is 0 Å². The lowest BCUT2D eigenvalue weighted by Crippen LogP contribution is -2.14. The molecule has 3 radical (unpaired) electrons. The van der Waals surface area contributed by atoms with Crippen molar-refractivity contribution in [2.75, 3.05) is 18.6 Å². The van der Waals surface area contributed by atoms with Crippen LogP contribution in [-0.4, -0.2) is 39.5 Å². The van der Waals surface area contributed by atoms with Crippen LogP contribution in [0, 0.1) is 5.82 Å². The number of carbonyl (C=O) groups is 1. The summed E-state index contributed by atoms with van der Waals surface area (Å²) in [5.41, 5.74) is 1.39. The van der Waals surface area contributed by atoms with Gasteiger partial charge in [0.25, 0.3) is 0 Å². The van der Waals surface area contributed by atoms with Gasteiger partial charge in [-0.3, -0.25) is 0 Å². The van der Waals surface area contributed by atoms with Crippen molar-refractivity contribution in [1.29, 1.82) is 0 Å². The third-order valence-corrected chi connectivity index (χ3v) is 2.92. The molecular weight excluding hydrogens is 230 g/mol. The number of thioether (sulfide) groups is 1. The summed E-state index contributed by atoms with van der Waals surface area (Å²) in [4.78, 5) is 11.9. The van der Waals surface area contributed by atoms with Gasteiger partial charge in [-0.25, -0.2) is 4.79 Å². The molecule has 17 heavy (non-hydrogen) atoms. The minimum atomic E-state index is -0.296. The Morgan fingerprint density at radius 1 is 1.53 bits per heavy atom. The van der Waals surface area contributed by atoms with Crippen LogP contribution in [0.4, 0.5) is 0 Å². The molecule has 1 aromatic rings. The second-order valence-corrected chi connectivity index (χ2v) is 4.51. The summed E-state index contributed by atoms with van der Waals surface area (Å²) in [7, 11) is 6.97. The second kappa shape index (κ2) is 7.38. The molecule has 0 saturated heterocycles. The zero-order chi connectivity index (χ0) is 12.7. The smallest absolute Gasteiger partial charge is 0.396 e. The van der Waals surface area contributed by atoms with Crippen LogP contribution in [0.25, 0.3) is 0 Å². The van der Waals surface area contributed by atoms with E-state index in [1.807, 2.05) is 31.4 Å². The van der Waals surface area contributed by atoms with Gasteiger partial charge in [0.05, 0.1) is 0 Å². The Kier molecular flexibility index (Phi) is 6.12. The fourth-order valence-electron chi connectivity index (χ4n) is 1.39. The summed E-state index contributed by atoms with van der Waals surface area (Å²) in [5, 5.41) is 0. The first-order valence-electron chi connectivity index (χ1n) is 5.34. The maximum atomic E-state index is 11.9. The number of rotatable bonds is 6. The van der Waals surface area contributed by atoms with Gasteiger partial charge in [0.1, 0.15) is 12.2 Å². The molecule has 1 rings (SSSR count). The van der Waals surface area contributed by atoms with Gasteiger partial charge in [-0.2, -0.15) is 11.8 Å². The maximum absolute atomic E-state index is 11.9. The molecule has 0 heterocycles. The topological polar surface area (TPSA) is 26.3 Å². The molecule has 0 aliphatic rings. The summed E-state index contributed by atoms with van der Waals surface area (Å²) in [5.74, 6) is 1.37. The van der Waals surface area contributed by atoms with Crippen molar-refractivity contribution in [2.24, 2.45) is 0 Å². The van der Waals surface area contributed by atoms with Crippen LogP contribution in [0.15, 0.2) is 24.3 Å². The van der Waals surface area contributed by atoms with E-state index in [0.717, 1.165) is 17.1 Å². The highest BCUT2D eigenvalue weighted by Gasteiger charge is 2.23. The average molecular weight is 244 g/mol. The van der Waals surface area contributed by atoms with Crippen molar-refractivity contribution < 1.29 is 9.53 Å². The number of esters is 1. The molecule has 0 aromatic heterocycles. The van der Waals surface area contributed by atoms with E-state index < -0.39 is 0 Å². The van der Waals surface area contributed by atoms with Gasteiger partial charge in [-0.1, -0.05) is 0 Å². The highest BCUT2D eigenvalue weighted by molar-refractivity contribution is 7.98. The number of hydrogen-bond donors (Lipinski definition) is 0. The minimum absolute atomic E-state index is 0.296. The second-order valence-electron chi connectivity index (χ2n) is 3.52. The van der Waals surface area contributed by atoms with Gasteiger partial charge in [-0.05, 0) is 31.1 Å². The molecule has 0 saturated carbocycles. The Morgan fingerprint density at radius 2 is 2.24 bits per heavy atom. The molecule has 0 aliphatic carbocycles. The van der Waals surface area contributed by atoms with E-state index in [-0.39, 0.29) is 5.97 Å². The number of ether oxygens (including phenoxy) is 1. The molecule has 0 unspecified atom stereocenters. The summed E-state index contributed by atoms with van der Waals surface area (Å²) >= 11 is 1.65. The van der Waals surface area contributed by atoms with Gasteiger partial charge in [-0.15, -0.1) is 0 Å². The van der Waals surface area contributed by atoms with E-state index in [4.69, 9.17) is 12.5 Å². The van der Waals surface area contributed by atoms with Crippen molar-refractivity contribution in [1.82, 2.24) is 0 Å². The van der Waals surface area contributed by atoms with Gasteiger partial charge in [0.2, 0.25) is 0 Å². The largest absolute Gasteiger partial charge is 0.451 e. The average Bonchev–Trinajstić information content (AvgIpc) is 2.38. The molecule has 5 heteroatoms. The number of carbonyl (C=O) groups excluding carboxylic acids is 1. The van der Waals surface area contributed by atoms with Crippen LogP contribution in [0.1, 0.15) is 22.8 Å². The molecule has 0 N–H and O–H groups in total. The van der Waals surface area contributed by atoms with Crippen LogP contribution in [0.5, 0.6) is 0 Å². The van der Waals surface area contributed by atoms with Crippen LogP contribution in [0.3, 0.4) is 0 Å². The van der Waals surface area contributed by atoms with Crippen LogP contribution < -0.4 is 0 Å². The molecule has 0 fully saturated rings. The quantitative estimate of drug-likeness (QED) is 0.331. The highest BCUT2D eigenvalue weighted by Crippen LogP contribution is 2.18. The summed E-state index contributed by atoms with van der Waals surface area (Å²) in [6.45, 7) is 2.30. The molecule has 0 amide bonds. The third-order valence-electron chi connectivity index (χ3n) is 2.34. The Bertz CT molecular complexity index is 371. The number of hydrogen-bond acceptors (Lipinski definition) is 3. The van der Waals surface area contributed by atoms with Gasteiger partial charge in [0, 0.05) is 25.6 Å². The molecule has 0 atom stereocenters. The molecule has 0 spiro atoms. The zero-order valence-corrected chi connectivity index (χ0v) is 10.9. The Hall–Kier alpha value is -0.960. The molecular formula is C12H14B2O2S+. The van der Waals surface area contributed by atoms with E-state index in [9.17, 15) is 4.79 Å². The van der Waals surface area contributed by atoms with E-state index in [1.165, 1.54) is 7.17 Å². The van der Waals surface area contributed by atoms with Crippen LogP contribution >= 0.6 is 11.8 Å². The molecule has 2 nitrogen and oxygen atoms in total. The lowest BCUT2D eigenvalue weighted by Gasteiger charge is -2.06. The maximum Gasteiger partial charge on any atom is 0.396 e. The summed E-state index contributed by atoms with van der Waals surface area (Å²) in [6, 6.07) is 7.31. The van der Waals surface area contributed by atoms with Gasteiger partial charge >= 0.3 is 5.97 Å². The van der Waals surface area contributed by atoms with Crippen molar-refractivity contribution in [3.8, 4) is 0 Å². The monoisotopic (exact) mass is 244 g/mol. The van der Waals surface area contributed by atoms with Gasteiger partial charge in [0.15, 0.2) is 12.7 Å². The van der Waals surface area contributed by atoms with E-state index in [2.05, 4.69) is 0 Å². The number of benzene rings is 1. The van der Waals surface area contributed by atoms with E-state index in [1.54, 1.807) is 17.8 Å². The predicted octanol–water partition coefficient (Wildman–Crippen LogP) is 1.89. The summed E-state index contributed by atoms with van der Waals surface area (Å²) < 4.78 is 5.18. The predicted molar refractivity (Wildman–Crippen MR) is 74.6 cm³/mol. The SMILES string of the molecule is [B][B][C+](C)c1ccccc1C(=O)OCCSC. The minimum Gasteiger partial charge on any atom is -0.451 e. The van der Waals surface area contributed by atoms with Crippen molar-refractivity contribution in [2.45, 2.75) is 6.92 Å². The Labute approximate surface area is 109 Å². The summed E-state index contributed by atoms with van der Waals surface area (Å²) in [6.07, 6.45) is 1.98. The highest BCUT2D eigenvalue weighted by atomic mass is 32.2. The zero-order valence-electron chi connectivity index (χ0n) is 10.1. The lowest BCUT2D eigenvalue weighted by atomic mass is 9.46. The van der Waals surface area contributed by atoms with Crippen molar-refractivity contribution in [3.05, 3.63) is 41.2 Å². The molecule has 85 valence electrons. The molecule has 1 aromatic carbocycles. The Balaban J connectivity index is 2.78. The Morgan fingerprint density at radius 3 is 2.88 bits per heavy atom. The van der Waals surface area contributed by atoms with Crippen LogP contribution in [-0.2, 0) is 4.74 Å². The first-order valence-corrected chi connectivity index (χ1v) is 6.74. The fourth-order valence-corrected chi connectivity index (χ4v) is 1.64. The first-order chi connectivity index (χ1) is 8.20. The molecule has 0 bridgehead atoms. The van der Waals surface area contributed by atoms with E-state index >= 15 is 0 Å². The van der Waals surface area contributed by atoms with Gasteiger partial charge < -0.3 is 4.74 Å².